The van der Waals surface area contributed by atoms with Gasteiger partial charge >= 0.3 is 0 Å². The maximum absolute atomic E-state index is 11.3. The van der Waals surface area contributed by atoms with Crippen LogP contribution in [-0.4, -0.2) is 37.3 Å². The van der Waals surface area contributed by atoms with E-state index in [9.17, 15) is 10.1 Å². The summed E-state index contributed by atoms with van der Waals surface area (Å²) in [6.45, 7) is 3.09. The molecule has 0 aromatic heterocycles. The number of ether oxygens (including phenoxy) is 1. The Balaban J connectivity index is 2.37. The summed E-state index contributed by atoms with van der Waals surface area (Å²) in [6.07, 6.45) is 1.85. The minimum Gasteiger partial charge on any atom is -0.381 e. The highest BCUT2D eigenvalue weighted by Crippen LogP contribution is 2.35. The molecule has 6 nitrogen and oxygen atoms in total. The Hall–Kier alpha value is -1.66. The van der Waals surface area contributed by atoms with Crippen molar-refractivity contribution in [3.05, 3.63) is 33.9 Å². The van der Waals surface area contributed by atoms with E-state index >= 15 is 0 Å². The van der Waals surface area contributed by atoms with E-state index in [1.165, 1.54) is 0 Å². The van der Waals surface area contributed by atoms with Gasteiger partial charge in [-0.15, -0.1) is 0 Å². The molecular formula is C14H21N3O3. The van der Waals surface area contributed by atoms with E-state index < -0.39 is 0 Å². The molecule has 1 aliphatic heterocycles. The second-order valence-corrected chi connectivity index (χ2v) is 5.16. The Morgan fingerprint density at radius 3 is 2.90 bits per heavy atom. The normalized spacial score (nSPS) is 22.9. The Labute approximate surface area is 118 Å². The number of aryl methyl sites for hydroxylation is 1. The van der Waals surface area contributed by atoms with E-state index in [-0.39, 0.29) is 22.8 Å². The van der Waals surface area contributed by atoms with Crippen molar-refractivity contribution in [2.24, 2.45) is 5.73 Å². The molecule has 1 aromatic rings. The number of rotatable bonds is 4. The third kappa shape index (κ3) is 2.76. The molecule has 2 rings (SSSR count). The molecule has 0 amide bonds. The standard InChI is InChI=1S/C14H21N3O3/c1-10-4-3-5-13(17(18)19)14(10)16-7-6-12(20-2)8-11(16)9-15/h3-5,11-12H,6-9,15H2,1-2H3. The fourth-order valence-electron chi connectivity index (χ4n) is 2.91. The highest BCUT2D eigenvalue weighted by atomic mass is 16.6. The van der Waals surface area contributed by atoms with Crippen LogP contribution in [-0.2, 0) is 4.74 Å². The number of para-hydroxylation sites is 1. The summed E-state index contributed by atoms with van der Waals surface area (Å²) >= 11 is 0. The molecule has 1 heterocycles. The Morgan fingerprint density at radius 2 is 2.30 bits per heavy atom. The molecule has 1 aromatic carbocycles. The van der Waals surface area contributed by atoms with Crippen molar-refractivity contribution < 1.29 is 9.66 Å². The second-order valence-electron chi connectivity index (χ2n) is 5.16. The number of methoxy groups -OCH3 is 1. The van der Waals surface area contributed by atoms with Crippen LogP contribution in [0.3, 0.4) is 0 Å². The molecule has 1 fully saturated rings. The fraction of sp³-hybridized carbons (Fsp3) is 0.571. The first-order valence-electron chi connectivity index (χ1n) is 6.82. The summed E-state index contributed by atoms with van der Waals surface area (Å²) in [6, 6.07) is 5.25. The van der Waals surface area contributed by atoms with E-state index in [1.54, 1.807) is 19.2 Å². The van der Waals surface area contributed by atoms with E-state index in [0.29, 0.717) is 12.2 Å². The van der Waals surface area contributed by atoms with Gasteiger partial charge in [0.25, 0.3) is 5.69 Å². The molecule has 1 saturated heterocycles. The van der Waals surface area contributed by atoms with Crippen LogP contribution in [0.4, 0.5) is 11.4 Å². The lowest BCUT2D eigenvalue weighted by molar-refractivity contribution is -0.384. The van der Waals surface area contributed by atoms with Crippen molar-refractivity contribution in [2.75, 3.05) is 25.1 Å². The van der Waals surface area contributed by atoms with Gasteiger partial charge in [0.15, 0.2) is 0 Å². The monoisotopic (exact) mass is 279 g/mol. The van der Waals surface area contributed by atoms with Gasteiger partial charge in [-0.3, -0.25) is 10.1 Å². The summed E-state index contributed by atoms with van der Waals surface area (Å²) in [7, 11) is 1.70. The highest BCUT2D eigenvalue weighted by Gasteiger charge is 2.32. The summed E-state index contributed by atoms with van der Waals surface area (Å²) in [5, 5.41) is 11.3. The van der Waals surface area contributed by atoms with Crippen LogP contribution in [0.15, 0.2) is 18.2 Å². The lowest BCUT2D eigenvalue weighted by Gasteiger charge is -2.40. The van der Waals surface area contributed by atoms with E-state index in [4.69, 9.17) is 10.5 Å². The van der Waals surface area contributed by atoms with Gasteiger partial charge in [-0.05, 0) is 25.3 Å². The minimum atomic E-state index is -0.321. The summed E-state index contributed by atoms with van der Waals surface area (Å²) in [4.78, 5) is 13.0. The Bertz CT molecular complexity index is 493. The van der Waals surface area contributed by atoms with E-state index in [2.05, 4.69) is 4.90 Å². The van der Waals surface area contributed by atoms with Crippen molar-refractivity contribution in [1.82, 2.24) is 0 Å². The van der Waals surface area contributed by atoms with Crippen LogP contribution in [0.1, 0.15) is 18.4 Å². The number of hydrogen-bond acceptors (Lipinski definition) is 5. The zero-order chi connectivity index (χ0) is 14.7. The summed E-state index contributed by atoms with van der Waals surface area (Å²) in [5.74, 6) is 0. The molecular weight excluding hydrogens is 258 g/mol. The number of hydrogen-bond donors (Lipinski definition) is 1. The predicted octanol–water partition coefficient (Wildman–Crippen LogP) is 1.85. The first-order chi connectivity index (χ1) is 9.58. The maximum Gasteiger partial charge on any atom is 0.292 e. The van der Waals surface area contributed by atoms with E-state index in [1.807, 2.05) is 13.0 Å². The molecule has 1 aliphatic rings. The molecule has 0 bridgehead atoms. The quantitative estimate of drug-likeness (QED) is 0.672. The third-order valence-electron chi connectivity index (χ3n) is 3.97. The second kappa shape index (κ2) is 6.19. The number of nitrogens with zero attached hydrogens (tertiary/aromatic N) is 2. The molecule has 110 valence electrons. The van der Waals surface area contributed by atoms with Crippen molar-refractivity contribution in [3.63, 3.8) is 0 Å². The van der Waals surface area contributed by atoms with Gasteiger partial charge in [-0.25, -0.2) is 0 Å². The average molecular weight is 279 g/mol. The number of nitro groups is 1. The first-order valence-corrected chi connectivity index (χ1v) is 6.82. The smallest absolute Gasteiger partial charge is 0.292 e. The molecule has 0 spiro atoms. The molecule has 0 radical (unpaired) electrons. The number of nitrogens with two attached hydrogens (primary N) is 1. The topological polar surface area (TPSA) is 81.6 Å². The molecule has 2 atom stereocenters. The lowest BCUT2D eigenvalue weighted by Crippen LogP contribution is -2.49. The minimum absolute atomic E-state index is 0.0773. The molecule has 2 N–H and O–H groups in total. The Morgan fingerprint density at radius 1 is 1.55 bits per heavy atom. The van der Waals surface area contributed by atoms with Crippen molar-refractivity contribution in [3.8, 4) is 0 Å². The van der Waals surface area contributed by atoms with Crippen molar-refractivity contribution in [2.45, 2.75) is 31.9 Å². The van der Waals surface area contributed by atoms with Gasteiger partial charge in [-0.2, -0.15) is 0 Å². The van der Waals surface area contributed by atoms with Gasteiger partial charge in [-0.1, -0.05) is 12.1 Å². The SMILES string of the molecule is COC1CCN(c2c(C)cccc2[N+](=O)[O-])C(CN)C1. The van der Waals surface area contributed by atoms with Crippen LogP contribution in [0.2, 0.25) is 0 Å². The summed E-state index contributed by atoms with van der Waals surface area (Å²) in [5.41, 5.74) is 7.62. The Kier molecular flexibility index (Phi) is 4.57. The van der Waals surface area contributed by atoms with Crippen LogP contribution in [0.5, 0.6) is 0 Å². The van der Waals surface area contributed by atoms with Crippen LogP contribution >= 0.6 is 0 Å². The van der Waals surface area contributed by atoms with E-state index in [0.717, 1.165) is 24.9 Å². The third-order valence-corrected chi connectivity index (χ3v) is 3.97. The average Bonchev–Trinajstić information content (AvgIpc) is 2.46. The van der Waals surface area contributed by atoms with Gasteiger partial charge in [0.05, 0.1) is 11.0 Å². The van der Waals surface area contributed by atoms with Crippen LogP contribution in [0.25, 0.3) is 0 Å². The fourth-order valence-corrected chi connectivity index (χ4v) is 2.91. The molecule has 20 heavy (non-hydrogen) atoms. The predicted molar refractivity (Wildman–Crippen MR) is 78.1 cm³/mol. The number of anilines is 1. The molecule has 0 saturated carbocycles. The largest absolute Gasteiger partial charge is 0.381 e. The molecule has 2 unspecified atom stereocenters. The highest BCUT2D eigenvalue weighted by molar-refractivity contribution is 5.68. The van der Waals surface area contributed by atoms with Gasteiger partial charge < -0.3 is 15.4 Å². The number of piperidine rings is 1. The number of nitro benzene ring substituents is 1. The van der Waals surface area contributed by atoms with Crippen molar-refractivity contribution >= 4 is 11.4 Å². The van der Waals surface area contributed by atoms with Gasteiger partial charge in [0.1, 0.15) is 5.69 Å². The lowest BCUT2D eigenvalue weighted by atomic mass is 9.97. The zero-order valence-electron chi connectivity index (χ0n) is 11.9. The zero-order valence-corrected chi connectivity index (χ0v) is 11.9. The van der Waals surface area contributed by atoms with Crippen LogP contribution < -0.4 is 10.6 Å². The van der Waals surface area contributed by atoms with Gasteiger partial charge in [0.2, 0.25) is 0 Å². The maximum atomic E-state index is 11.3. The van der Waals surface area contributed by atoms with Crippen LogP contribution in [0, 0.1) is 17.0 Å². The van der Waals surface area contributed by atoms with Gasteiger partial charge in [0, 0.05) is 32.3 Å². The molecule has 0 aliphatic carbocycles. The molecule has 6 heteroatoms. The first kappa shape index (κ1) is 14.7. The number of benzene rings is 1. The van der Waals surface area contributed by atoms with Crippen molar-refractivity contribution in [1.29, 1.82) is 0 Å². The summed E-state index contributed by atoms with van der Waals surface area (Å²) < 4.78 is 5.40.